The second-order valence-corrected chi connectivity index (χ2v) is 5.03. The number of hydrogen-bond donors (Lipinski definition) is 0. The van der Waals surface area contributed by atoms with E-state index in [9.17, 15) is 9.59 Å². The first-order valence-electron chi connectivity index (χ1n) is 5.70. The summed E-state index contributed by atoms with van der Waals surface area (Å²) in [6, 6.07) is 9.37. The number of nitrogens with zero attached hydrogens (tertiary/aromatic N) is 1. The van der Waals surface area contributed by atoms with Crippen LogP contribution in [0.1, 0.15) is 6.92 Å². The second-order valence-electron chi connectivity index (χ2n) is 3.76. The minimum Gasteiger partial charge on any atom is -0.311 e. The zero-order valence-corrected chi connectivity index (χ0v) is 11.2. The summed E-state index contributed by atoms with van der Waals surface area (Å²) in [5.74, 6) is 0.636. The number of hydrogen-bond acceptors (Lipinski definition) is 3. The number of benzene rings is 1. The molecule has 0 saturated heterocycles. The Morgan fingerprint density at radius 3 is 2.61 bits per heavy atom. The number of carbonyl (C=O) groups excluding carboxylic acids is 2. The number of thioether (sulfide) groups is 1. The van der Waals surface area contributed by atoms with Gasteiger partial charge in [0.1, 0.15) is 6.29 Å². The highest BCUT2D eigenvalue weighted by Crippen LogP contribution is 2.17. The van der Waals surface area contributed by atoms with Crippen LogP contribution in [0.5, 0.6) is 0 Å². The lowest BCUT2D eigenvalue weighted by Crippen LogP contribution is -2.35. The molecular formula is C14H17NO2S. The van der Waals surface area contributed by atoms with Gasteiger partial charge < -0.3 is 9.69 Å². The van der Waals surface area contributed by atoms with Crippen molar-refractivity contribution in [1.29, 1.82) is 0 Å². The van der Waals surface area contributed by atoms with Gasteiger partial charge in [-0.25, -0.2) is 0 Å². The first kappa shape index (κ1) is 14.5. The Balaban J connectivity index is 2.77. The van der Waals surface area contributed by atoms with Gasteiger partial charge in [0.2, 0.25) is 5.91 Å². The molecule has 18 heavy (non-hydrogen) atoms. The molecule has 1 rings (SSSR count). The monoisotopic (exact) mass is 263 g/mol. The van der Waals surface area contributed by atoms with Crippen molar-refractivity contribution in [2.45, 2.75) is 12.2 Å². The number of aldehydes is 1. The summed E-state index contributed by atoms with van der Waals surface area (Å²) in [5.41, 5.74) is 0.816. The summed E-state index contributed by atoms with van der Waals surface area (Å²) in [4.78, 5) is 24.3. The lowest BCUT2D eigenvalue weighted by molar-refractivity contribution is -0.116. The highest BCUT2D eigenvalue weighted by atomic mass is 32.2. The van der Waals surface area contributed by atoms with Gasteiger partial charge in [0, 0.05) is 24.9 Å². The van der Waals surface area contributed by atoms with Gasteiger partial charge in [-0.3, -0.25) is 4.79 Å². The maximum absolute atomic E-state index is 11.7. The van der Waals surface area contributed by atoms with Gasteiger partial charge in [-0.1, -0.05) is 24.3 Å². The topological polar surface area (TPSA) is 37.4 Å². The average Bonchev–Trinajstić information content (AvgIpc) is 2.39. The predicted molar refractivity (Wildman–Crippen MR) is 77.0 cm³/mol. The second kappa shape index (κ2) is 7.71. The molecule has 0 heterocycles. The molecule has 1 amide bonds. The van der Waals surface area contributed by atoms with Crippen LogP contribution in [0.4, 0.5) is 5.69 Å². The Morgan fingerprint density at radius 2 is 2.11 bits per heavy atom. The highest BCUT2D eigenvalue weighted by molar-refractivity contribution is 8.00. The van der Waals surface area contributed by atoms with Gasteiger partial charge in [0.25, 0.3) is 0 Å². The third-order valence-electron chi connectivity index (χ3n) is 2.39. The van der Waals surface area contributed by atoms with Crippen LogP contribution in [0.3, 0.4) is 0 Å². The van der Waals surface area contributed by atoms with Crippen molar-refractivity contribution in [3.63, 3.8) is 0 Å². The number of carbonyl (C=O) groups is 2. The fraction of sp³-hybridized carbons (Fsp3) is 0.286. The fourth-order valence-corrected chi connectivity index (χ4v) is 2.25. The van der Waals surface area contributed by atoms with Gasteiger partial charge in [-0.2, -0.15) is 0 Å². The van der Waals surface area contributed by atoms with Crippen molar-refractivity contribution < 1.29 is 9.59 Å². The number of anilines is 1. The van der Waals surface area contributed by atoms with Crippen LogP contribution in [0.15, 0.2) is 43.0 Å². The molecule has 1 unspecified atom stereocenters. The first-order chi connectivity index (χ1) is 8.69. The van der Waals surface area contributed by atoms with Gasteiger partial charge in [0.05, 0.1) is 5.25 Å². The third-order valence-corrected chi connectivity index (χ3v) is 3.51. The molecule has 0 bridgehead atoms. The lowest BCUT2D eigenvalue weighted by Gasteiger charge is -2.23. The molecule has 0 spiro atoms. The molecule has 4 heteroatoms. The van der Waals surface area contributed by atoms with Crippen molar-refractivity contribution in [2.75, 3.05) is 17.2 Å². The SMILES string of the molecule is C=CCSC(C=O)CN(C(C)=O)c1ccccc1. The van der Waals surface area contributed by atoms with Crippen LogP contribution in [0.25, 0.3) is 0 Å². The minimum atomic E-state index is -0.230. The molecule has 1 aromatic carbocycles. The van der Waals surface area contributed by atoms with E-state index in [4.69, 9.17) is 0 Å². The molecule has 0 N–H and O–H groups in total. The maximum Gasteiger partial charge on any atom is 0.223 e. The van der Waals surface area contributed by atoms with Crippen molar-refractivity contribution in [3.8, 4) is 0 Å². The van der Waals surface area contributed by atoms with Crippen LogP contribution in [0, 0.1) is 0 Å². The Labute approximate surface area is 112 Å². The number of amides is 1. The quantitative estimate of drug-likeness (QED) is 0.560. The van der Waals surface area contributed by atoms with E-state index in [1.54, 1.807) is 11.0 Å². The van der Waals surface area contributed by atoms with Crippen LogP contribution < -0.4 is 4.90 Å². The summed E-state index contributed by atoms with van der Waals surface area (Å²) in [6.07, 6.45) is 2.63. The molecule has 0 aliphatic heterocycles. The smallest absolute Gasteiger partial charge is 0.223 e. The molecular weight excluding hydrogens is 246 g/mol. The molecule has 0 radical (unpaired) electrons. The lowest BCUT2D eigenvalue weighted by atomic mass is 10.2. The Bertz CT molecular complexity index is 406. The van der Waals surface area contributed by atoms with E-state index in [1.165, 1.54) is 18.7 Å². The molecule has 3 nitrogen and oxygen atoms in total. The fourth-order valence-electron chi connectivity index (χ4n) is 1.53. The molecule has 0 saturated carbocycles. The minimum absolute atomic E-state index is 0.0627. The van der Waals surface area contributed by atoms with Crippen molar-refractivity contribution in [2.24, 2.45) is 0 Å². The standard InChI is InChI=1S/C14H17NO2S/c1-3-9-18-14(11-16)10-15(12(2)17)13-7-5-4-6-8-13/h3-8,11,14H,1,9-10H2,2H3. The number of para-hydroxylation sites is 1. The van der Waals surface area contributed by atoms with E-state index in [-0.39, 0.29) is 11.2 Å². The van der Waals surface area contributed by atoms with E-state index < -0.39 is 0 Å². The Kier molecular flexibility index (Phi) is 6.22. The Morgan fingerprint density at radius 1 is 1.44 bits per heavy atom. The molecule has 0 fully saturated rings. The molecule has 1 aromatic rings. The molecule has 0 aliphatic carbocycles. The van der Waals surface area contributed by atoms with Crippen LogP contribution in [-0.2, 0) is 9.59 Å². The summed E-state index contributed by atoms with van der Waals surface area (Å²) in [7, 11) is 0. The summed E-state index contributed by atoms with van der Waals surface area (Å²) in [6.45, 7) is 5.52. The molecule has 96 valence electrons. The molecule has 0 aromatic heterocycles. The largest absolute Gasteiger partial charge is 0.311 e. The normalized spacial score (nSPS) is 11.6. The highest BCUT2D eigenvalue weighted by Gasteiger charge is 2.17. The van der Waals surface area contributed by atoms with Gasteiger partial charge in [-0.05, 0) is 12.1 Å². The molecule has 0 aliphatic rings. The van der Waals surface area contributed by atoms with Gasteiger partial charge in [-0.15, -0.1) is 18.3 Å². The van der Waals surface area contributed by atoms with E-state index >= 15 is 0 Å². The first-order valence-corrected chi connectivity index (χ1v) is 6.75. The van der Waals surface area contributed by atoms with Crippen LogP contribution in [-0.4, -0.2) is 29.7 Å². The van der Waals surface area contributed by atoms with Crippen molar-refractivity contribution >= 4 is 29.6 Å². The molecule has 1 atom stereocenters. The summed E-state index contributed by atoms with van der Waals surface area (Å²) < 4.78 is 0. The maximum atomic E-state index is 11.7. The number of rotatable bonds is 7. The Hall–Kier alpha value is -1.55. The zero-order valence-electron chi connectivity index (χ0n) is 10.4. The summed E-state index contributed by atoms with van der Waals surface area (Å²) >= 11 is 1.48. The van der Waals surface area contributed by atoms with E-state index in [1.807, 2.05) is 30.3 Å². The zero-order chi connectivity index (χ0) is 13.4. The summed E-state index contributed by atoms with van der Waals surface area (Å²) in [5, 5.41) is -0.230. The van der Waals surface area contributed by atoms with Crippen molar-refractivity contribution in [3.05, 3.63) is 43.0 Å². The van der Waals surface area contributed by atoms with Crippen molar-refractivity contribution in [1.82, 2.24) is 0 Å². The van der Waals surface area contributed by atoms with Crippen LogP contribution in [0.2, 0.25) is 0 Å². The van der Waals surface area contributed by atoms with E-state index in [0.29, 0.717) is 12.3 Å². The van der Waals surface area contributed by atoms with Crippen LogP contribution >= 0.6 is 11.8 Å². The predicted octanol–water partition coefficient (Wildman–Crippen LogP) is 2.53. The van der Waals surface area contributed by atoms with E-state index in [2.05, 4.69) is 6.58 Å². The average molecular weight is 263 g/mol. The third kappa shape index (κ3) is 4.37. The van der Waals surface area contributed by atoms with Gasteiger partial charge in [0.15, 0.2) is 0 Å². The van der Waals surface area contributed by atoms with Gasteiger partial charge >= 0.3 is 0 Å². The van der Waals surface area contributed by atoms with E-state index in [0.717, 1.165) is 12.0 Å².